The number of hydrogen-bond donors (Lipinski definition) is 1. The van der Waals surface area contributed by atoms with Gasteiger partial charge in [0.25, 0.3) is 17.1 Å². The highest BCUT2D eigenvalue weighted by Crippen LogP contribution is 2.36. The molecule has 0 unspecified atom stereocenters. The fourth-order valence-corrected chi connectivity index (χ4v) is 3.55. The molecule has 0 saturated heterocycles. The van der Waals surface area contributed by atoms with Crippen LogP contribution in [0.4, 0.5) is 17.1 Å². The van der Waals surface area contributed by atoms with Gasteiger partial charge in [0.05, 0.1) is 32.7 Å². The Morgan fingerprint density at radius 3 is 1.90 bits per heavy atom. The SMILES string of the molecule is CCC1(CC)Cc2ccccc2C(C)=[NH+]1.O=[N+]([O-])c1cc([N+](=O)[O-])c([O-])c([N+](=O)[O-])c1. The van der Waals surface area contributed by atoms with E-state index in [0.29, 0.717) is 17.7 Å². The monoisotopic (exact) mass is 430 g/mol. The zero-order valence-electron chi connectivity index (χ0n) is 17.3. The van der Waals surface area contributed by atoms with Crippen LogP contribution in [0.5, 0.6) is 5.75 Å². The number of hydrogen-bond acceptors (Lipinski definition) is 7. The molecule has 3 rings (SSSR count). The summed E-state index contributed by atoms with van der Waals surface area (Å²) in [5.74, 6) is -1.46. The average Bonchev–Trinajstić information content (AvgIpc) is 2.73. The standard InChI is InChI=1S/C14H19N.C6H3N3O7/c1-4-14(5-2)10-12-8-6-7-9-13(12)11(3)15-14;10-6-4(8(13)14)1-3(7(11)12)2-5(6)9(15)16/h6-9H,4-5,10H2,1-3H3;1-2,10H. The third-order valence-corrected chi connectivity index (χ3v) is 5.40. The van der Waals surface area contributed by atoms with Crippen LogP contribution >= 0.6 is 0 Å². The van der Waals surface area contributed by atoms with Gasteiger partial charge in [0.15, 0.2) is 11.3 Å². The summed E-state index contributed by atoms with van der Waals surface area (Å²) in [6.45, 7) is 6.74. The second-order valence-electron chi connectivity index (χ2n) is 7.16. The van der Waals surface area contributed by atoms with E-state index in [0.717, 1.165) is 6.42 Å². The normalized spacial score (nSPS) is 13.8. The maximum absolute atomic E-state index is 11.1. The molecule has 1 heterocycles. The Balaban J connectivity index is 0.000000220. The first-order valence-corrected chi connectivity index (χ1v) is 9.53. The van der Waals surface area contributed by atoms with Gasteiger partial charge in [-0.1, -0.05) is 32.0 Å². The van der Waals surface area contributed by atoms with Gasteiger partial charge in [-0.05, 0) is 11.6 Å². The van der Waals surface area contributed by atoms with Crippen LogP contribution in [0.25, 0.3) is 0 Å². The Morgan fingerprint density at radius 1 is 0.935 bits per heavy atom. The van der Waals surface area contributed by atoms with E-state index >= 15 is 0 Å². The highest BCUT2D eigenvalue weighted by Gasteiger charge is 2.36. The molecule has 11 nitrogen and oxygen atoms in total. The van der Waals surface area contributed by atoms with Crippen LogP contribution in [0.1, 0.15) is 44.7 Å². The molecule has 1 aliphatic heterocycles. The van der Waals surface area contributed by atoms with Gasteiger partial charge in [0.1, 0.15) is 0 Å². The Kier molecular flexibility index (Phi) is 7.00. The summed E-state index contributed by atoms with van der Waals surface area (Å²) in [6, 6.07) is 9.51. The molecular formula is C20H22N4O7. The van der Waals surface area contributed by atoms with Crippen LogP contribution in [0.2, 0.25) is 0 Å². The minimum atomic E-state index is -1.46. The molecule has 1 N–H and O–H groups in total. The number of nitro groups is 3. The summed E-state index contributed by atoms with van der Waals surface area (Å²) in [5, 5.41) is 42.1. The molecule has 0 saturated carbocycles. The van der Waals surface area contributed by atoms with Crippen molar-refractivity contribution in [2.45, 2.75) is 45.6 Å². The zero-order chi connectivity index (χ0) is 23.3. The van der Waals surface area contributed by atoms with Gasteiger partial charge in [0, 0.05) is 31.7 Å². The van der Waals surface area contributed by atoms with Crippen LogP contribution in [0.15, 0.2) is 36.4 Å². The topological polar surface area (TPSA) is 166 Å². The van der Waals surface area contributed by atoms with Crippen molar-refractivity contribution >= 4 is 22.8 Å². The first-order chi connectivity index (χ1) is 14.5. The fraction of sp³-hybridized carbons (Fsp3) is 0.350. The van der Waals surface area contributed by atoms with E-state index in [2.05, 4.69) is 50.0 Å². The lowest BCUT2D eigenvalue weighted by atomic mass is 9.81. The summed E-state index contributed by atoms with van der Waals surface area (Å²) in [4.78, 5) is 31.2. The van der Waals surface area contributed by atoms with Crippen molar-refractivity contribution in [1.29, 1.82) is 0 Å². The largest absolute Gasteiger partial charge is 0.863 e. The molecule has 0 spiro atoms. The lowest BCUT2D eigenvalue weighted by Gasteiger charge is -2.27. The van der Waals surface area contributed by atoms with Crippen LogP contribution in [0.3, 0.4) is 0 Å². The maximum Gasteiger partial charge on any atom is 0.283 e. The molecular weight excluding hydrogens is 408 g/mol. The number of non-ortho nitro benzene ring substituents is 1. The van der Waals surface area contributed by atoms with Gasteiger partial charge in [0.2, 0.25) is 0 Å². The van der Waals surface area contributed by atoms with Crippen molar-refractivity contribution in [3.63, 3.8) is 0 Å². The third-order valence-electron chi connectivity index (χ3n) is 5.40. The summed E-state index contributed by atoms with van der Waals surface area (Å²) in [7, 11) is 0. The lowest BCUT2D eigenvalue weighted by molar-refractivity contribution is -0.557. The van der Waals surface area contributed by atoms with Crippen molar-refractivity contribution in [3.05, 3.63) is 77.9 Å². The second kappa shape index (κ2) is 9.28. The highest BCUT2D eigenvalue weighted by atomic mass is 16.6. The Bertz CT molecular complexity index is 1030. The maximum atomic E-state index is 11.1. The van der Waals surface area contributed by atoms with E-state index in [1.54, 1.807) is 0 Å². The number of benzene rings is 2. The zero-order valence-corrected chi connectivity index (χ0v) is 17.3. The summed E-state index contributed by atoms with van der Waals surface area (Å²) in [5.41, 5.74) is 1.26. The number of nitrogens with one attached hydrogen (secondary N) is 1. The van der Waals surface area contributed by atoms with Gasteiger partial charge in [-0.25, -0.2) is 4.99 Å². The van der Waals surface area contributed by atoms with Crippen molar-refractivity contribution in [2.24, 2.45) is 0 Å². The van der Waals surface area contributed by atoms with Crippen molar-refractivity contribution in [3.8, 4) is 5.75 Å². The average molecular weight is 430 g/mol. The molecule has 164 valence electrons. The number of fused-ring (bicyclic) bond motifs is 1. The minimum Gasteiger partial charge on any atom is -0.863 e. The fourth-order valence-electron chi connectivity index (χ4n) is 3.55. The lowest BCUT2D eigenvalue weighted by Crippen LogP contribution is -2.89. The van der Waals surface area contributed by atoms with Gasteiger partial charge in [-0.2, -0.15) is 0 Å². The first-order valence-electron chi connectivity index (χ1n) is 9.53. The minimum absolute atomic E-state index is 0.290. The summed E-state index contributed by atoms with van der Waals surface area (Å²) in [6.07, 6.45) is 3.54. The Labute approximate surface area is 177 Å². The van der Waals surface area contributed by atoms with E-state index < -0.39 is 37.6 Å². The molecule has 11 heteroatoms. The molecule has 0 bridgehead atoms. The molecule has 2 aromatic rings. The van der Waals surface area contributed by atoms with Gasteiger partial charge in [-0.15, -0.1) is 0 Å². The van der Waals surface area contributed by atoms with Crippen molar-refractivity contribution in [2.75, 3.05) is 0 Å². The van der Waals surface area contributed by atoms with Crippen molar-refractivity contribution < 1.29 is 24.9 Å². The summed E-state index contributed by atoms with van der Waals surface area (Å²) >= 11 is 0. The van der Waals surface area contributed by atoms with E-state index in [-0.39, 0.29) is 0 Å². The summed E-state index contributed by atoms with van der Waals surface area (Å²) < 4.78 is 0. The quantitative estimate of drug-likeness (QED) is 0.560. The van der Waals surface area contributed by atoms with Gasteiger partial charge < -0.3 is 5.11 Å². The molecule has 0 atom stereocenters. The predicted molar refractivity (Wildman–Crippen MR) is 110 cm³/mol. The molecule has 0 aliphatic carbocycles. The molecule has 0 radical (unpaired) electrons. The first kappa shape index (κ1) is 23.4. The highest BCUT2D eigenvalue weighted by molar-refractivity contribution is 5.96. The molecule has 31 heavy (non-hydrogen) atoms. The van der Waals surface area contributed by atoms with E-state index in [4.69, 9.17) is 0 Å². The van der Waals surface area contributed by atoms with Gasteiger partial charge >= 0.3 is 0 Å². The van der Waals surface area contributed by atoms with Gasteiger partial charge in [-0.3, -0.25) is 30.3 Å². The van der Waals surface area contributed by atoms with Crippen molar-refractivity contribution in [1.82, 2.24) is 0 Å². The Morgan fingerprint density at radius 2 is 1.45 bits per heavy atom. The van der Waals surface area contributed by atoms with E-state index in [9.17, 15) is 35.4 Å². The number of nitro benzene ring substituents is 3. The van der Waals surface area contributed by atoms with E-state index in [1.807, 2.05) is 0 Å². The van der Waals surface area contributed by atoms with E-state index in [1.165, 1.54) is 29.7 Å². The molecule has 0 fully saturated rings. The predicted octanol–water partition coefficient (Wildman–Crippen LogP) is 2.18. The van der Waals surface area contributed by atoms with Crippen LogP contribution in [0, 0.1) is 30.3 Å². The number of rotatable bonds is 5. The third kappa shape index (κ3) is 5.00. The Hall–Kier alpha value is -3.89. The van der Waals surface area contributed by atoms with Crippen LogP contribution in [-0.4, -0.2) is 26.0 Å². The van der Waals surface area contributed by atoms with Crippen LogP contribution in [-0.2, 0) is 6.42 Å². The molecule has 2 aromatic carbocycles. The molecule has 1 aliphatic rings. The van der Waals surface area contributed by atoms with Crippen LogP contribution < -0.4 is 10.1 Å². The number of nitrogens with zero attached hydrogens (tertiary/aromatic N) is 3. The second-order valence-corrected chi connectivity index (χ2v) is 7.16. The molecule has 0 aromatic heterocycles. The smallest absolute Gasteiger partial charge is 0.283 e. The molecule has 0 amide bonds.